The summed E-state index contributed by atoms with van der Waals surface area (Å²) in [6, 6.07) is 22.4. The van der Waals surface area contributed by atoms with Crippen molar-refractivity contribution >= 4 is 17.5 Å². The lowest BCUT2D eigenvalue weighted by atomic mass is 9.85. The Bertz CT molecular complexity index is 1530. The lowest BCUT2D eigenvalue weighted by Gasteiger charge is -2.37. The zero-order valence-corrected chi connectivity index (χ0v) is 21.9. The van der Waals surface area contributed by atoms with Crippen LogP contribution in [0.5, 0.6) is 11.5 Å². The summed E-state index contributed by atoms with van der Waals surface area (Å²) < 4.78 is 22.3. The topological polar surface area (TPSA) is 120 Å². The number of anilines is 1. The number of ether oxygens (including phenoxy) is 3. The van der Waals surface area contributed by atoms with Crippen LogP contribution in [0.3, 0.4) is 0 Å². The number of para-hydroxylation sites is 1. The molecule has 1 amide bonds. The predicted octanol–water partition coefficient (Wildman–Crippen LogP) is 3.81. The van der Waals surface area contributed by atoms with E-state index in [1.165, 1.54) is 0 Å². The molecule has 2 aliphatic rings. The number of benzene rings is 3. The van der Waals surface area contributed by atoms with Gasteiger partial charge in [-0.2, -0.15) is 4.98 Å². The zero-order valence-electron chi connectivity index (χ0n) is 21.9. The Morgan fingerprint density at radius 2 is 1.75 bits per heavy atom. The normalized spacial score (nSPS) is 17.9. The van der Waals surface area contributed by atoms with E-state index in [9.17, 15) is 4.79 Å². The first-order valence-corrected chi connectivity index (χ1v) is 13.0. The molecule has 0 radical (unpaired) electrons. The van der Waals surface area contributed by atoms with Gasteiger partial charge in [-0.05, 0) is 60.2 Å². The number of nitrogens with zero attached hydrogens (tertiary/aromatic N) is 4. The smallest absolute Gasteiger partial charge is 0.259 e. The van der Waals surface area contributed by atoms with E-state index in [2.05, 4.69) is 10.1 Å². The Labute approximate surface area is 230 Å². The Balaban J connectivity index is 1.25. The van der Waals surface area contributed by atoms with E-state index in [1.807, 2.05) is 72.8 Å². The van der Waals surface area contributed by atoms with E-state index in [-0.39, 0.29) is 25.7 Å². The number of aliphatic hydroxyl groups is 1. The van der Waals surface area contributed by atoms with Gasteiger partial charge in [-0.25, -0.2) is 4.99 Å². The van der Waals surface area contributed by atoms with Crippen LogP contribution in [0, 0.1) is 0 Å². The van der Waals surface area contributed by atoms with Gasteiger partial charge in [-0.3, -0.25) is 4.79 Å². The second-order valence-electron chi connectivity index (χ2n) is 9.63. The van der Waals surface area contributed by atoms with Gasteiger partial charge in [0.1, 0.15) is 18.1 Å². The molecule has 0 saturated carbocycles. The summed E-state index contributed by atoms with van der Waals surface area (Å²) in [5.74, 6) is 2.39. The number of amides is 1. The molecule has 10 nitrogen and oxygen atoms in total. The molecule has 204 valence electrons. The molecule has 1 spiro atoms. The first-order valence-electron chi connectivity index (χ1n) is 13.0. The number of rotatable bonds is 9. The summed E-state index contributed by atoms with van der Waals surface area (Å²) in [5.41, 5.74) is 2.20. The first kappa shape index (κ1) is 25.6. The number of aliphatic hydroxyl groups excluding tert-OH is 1. The highest BCUT2D eigenvalue weighted by atomic mass is 16.5. The molecule has 3 heterocycles. The molecule has 4 aromatic rings. The van der Waals surface area contributed by atoms with Crippen LogP contribution in [0.4, 0.5) is 5.69 Å². The van der Waals surface area contributed by atoms with Crippen LogP contribution in [-0.4, -0.2) is 59.5 Å². The van der Waals surface area contributed by atoms with E-state index in [1.54, 1.807) is 12.0 Å². The van der Waals surface area contributed by atoms with Crippen LogP contribution >= 0.6 is 0 Å². The van der Waals surface area contributed by atoms with E-state index >= 15 is 0 Å². The SMILES string of the molecule is COc1ccc(-c2nc(CN3C(=O)[C@]4(COC(c5ccc(OCCCO)cc5)=N4)Cc4ccccc43)no2)cc1. The van der Waals surface area contributed by atoms with Gasteiger partial charge in [0, 0.05) is 36.3 Å². The molecule has 40 heavy (non-hydrogen) atoms. The van der Waals surface area contributed by atoms with Crippen LogP contribution in [0.15, 0.2) is 82.3 Å². The van der Waals surface area contributed by atoms with E-state index in [4.69, 9.17) is 28.8 Å². The van der Waals surface area contributed by atoms with Gasteiger partial charge in [0.2, 0.25) is 5.90 Å². The summed E-state index contributed by atoms with van der Waals surface area (Å²) in [5, 5.41) is 13.1. The quantitative estimate of drug-likeness (QED) is 0.318. The van der Waals surface area contributed by atoms with E-state index < -0.39 is 5.54 Å². The second-order valence-corrected chi connectivity index (χ2v) is 9.63. The molecule has 2 aliphatic heterocycles. The largest absolute Gasteiger partial charge is 0.497 e. The van der Waals surface area contributed by atoms with Gasteiger partial charge in [0.05, 0.1) is 20.3 Å². The predicted molar refractivity (Wildman–Crippen MR) is 146 cm³/mol. The highest BCUT2D eigenvalue weighted by Gasteiger charge is 2.50. The number of carbonyl (C=O) groups excluding carboxylic acids is 1. The Kier molecular flexibility index (Phi) is 6.91. The molecule has 0 fully saturated rings. The van der Waals surface area contributed by atoms with Gasteiger partial charge in [-0.15, -0.1) is 0 Å². The van der Waals surface area contributed by atoms with Crippen molar-refractivity contribution in [1.29, 1.82) is 0 Å². The van der Waals surface area contributed by atoms with Crippen LogP contribution in [0.1, 0.15) is 23.4 Å². The maximum Gasteiger partial charge on any atom is 0.259 e. The molecule has 0 bridgehead atoms. The van der Waals surface area contributed by atoms with Crippen LogP contribution in [-0.2, 0) is 22.5 Å². The van der Waals surface area contributed by atoms with Crippen LogP contribution in [0.25, 0.3) is 11.5 Å². The average Bonchev–Trinajstić information content (AvgIpc) is 3.64. The van der Waals surface area contributed by atoms with Crippen molar-refractivity contribution in [2.45, 2.75) is 24.9 Å². The van der Waals surface area contributed by atoms with Crippen LogP contribution in [0.2, 0.25) is 0 Å². The van der Waals surface area contributed by atoms with E-state index in [0.717, 1.165) is 28.1 Å². The number of aromatic nitrogens is 2. The number of fused-ring (bicyclic) bond motifs is 1. The molecular weight excluding hydrogens is 512 g/mol. The van der Waals surface area contributed by atoms with Crippen molar-refractivity contribution in [3.05, 3.63) is 89.7 Å². The number of hydrogen-bond donors (Lipinski definition) is 1. The van der Waals surface area contributed by atoms with Crippen LogP contribution < -0.4 is 14.4 Å². The standard InChI is InChI=1S/C30H28N4O6/c1-37-23-11-7-20(8-12-23)27-31-26(33-40-27)18-34-25-6-3-2-5-22(25)17-30(29(34)36)19-39-28(32-30)21-9-13-24(14-10-21)38-16-4-15-35/h2-3,5-14,35H,4,15-19H2,1H3/t30-/m1/s1. The van der Waals surface area contributed by atoms with Crippen molar-refractivity contribution in [3.63, 3.8) is 0 Å². The van der Waals surface area contributed by atoms with Gasteiger partial charge in [0.15, 0.2) is 11.4 Å². The third-order valence-electron chi connectivity index (χ3n) is 6.95. The summed E-state index contributed by atoms with van der Waals surface area (Å²) >= 11 is 0. The molecule has 3 aromatic carbocycles. The fourth-order valence-corrected chi connectivity index (χ4v) is 4.89. The van der Waals surface area contributed by atoms with Gasteiger partial charge >= 0.3 is 0 Å². The second kappa shape index (κ2) is 10.8. The lowest BCUT2D eigenvalue weighted by Crippen LogP contribution is -2.53. The number of methoxy groups -OCH3 is 1. The molecule has 1 atom stereocenters. The molecule has 0 saturated heterocycles. The van der Waals surface area contributed by atoms with E-state index in [0.29, 0.717) is 42.8 Å². The molecule has 1 aromatic heterocycles. The van der Waals surface area contributed by atoms with Crippen molar-refractivity contribution in [2.75, 3.05) is 31.8 Å². The van der Waals surface area contributed by atoms with Crippen molar-refractivity contribution in [3.8, 4) is 23.0 Å². The Morgan fingerprint density at radius 3 is 2.52 bits per heavy atom. The summed E-state index contributed by atoms with van der Waals surface area (Å²) in [6.45, 7) is 0.768. The molecule has 10 heteroatoms. The third-order valence-corrected chi connectivity index (χ3v) is 6.95. The first-order chi connectivity index (χ1) is 19.6. The fourth-order valence-electron chi connectivity index (χ4n) is 4.89. The maximum absolute atomic E-state index is 14.0. The monoisotopic (exact) mass is 540 g/mol. The summed E-state index contributed by atoms with van der Waals surface area (Å²) in [7, 11) is 1.61. The minimum absolute atomic E-state index is 0.0789. The lowest BCUT2D eigenvalue weighted by molar-refractivity contribution is -0.124. The summed E-state index contributed by atoms with van der Waals surface area (Å²) in [6.07, 6.45) is 0.987. The zero-order chi connectivity index (χ0) is 27.5. The van der Waals surface area contributed by atoms with Gasteiger partial charge in [0.25, 0.3) is 11.8 Å². The fraction of sp³-hybridized carbons (Fsp3) is 0.267. The third kappa shape index (κ3) is 4.89. The van der Waals surface area contributed by atoms with Crippen molar-refractivity contribution in [1.82, 2.24) is 10.1 Å². The number of carbonyl (C=O) groups is 1. The Morgan fingerprint density at radius 1 is 1.00 bits per heavy atom. The molecular formula is C30H28N4O6. The minimum Gasteiger partial charge on any atom is -0.497 e. The number of aliphatic imine (C=N–C) groups is 1. The molecule has 0 aliphatic carbocycles. The molecule has 0 unspecified atom stereocenters. The van der Waals surface area contributed by atoms with Gasteiger partial charge in [-0.1, -0.05) is 23.4 Å². The molecule has 6 rings (SSSR count). The highest BCUT2D eigenvalue weighted by Crippen LogP contribution is 2.39. The van der Waals surface area contributed by atoms with Gasteiger partial charge < -0.3 is 28.7 Å². The number of hydrogen-bond acceptors (Lipinski definition) is 9. The maximum atomic E-state index is 14.0. The average molecular weight is 541 g/mol. The molecule has 1 N–H and O–H groups in total. The van der Waals surface area contributed by atoms with Crippen molar-refractivity contribution < 1.29 is 28.6 Å². The highest BCUT2D eigenvalue weighted by molar-refractivity contribution is 6.07. The Hall–Kier alpha value is -4.70. The minimum atomic E-state index is -1.09. The van der Waals surface area contributed by atoms with Crippen molar-refractivity contribution in [2.24, 2.45) is 4.99 Å². The summed E-state index contributed by atoms with van der Waals surface area (Å²) in [4.78, 5) is 25.1.